The van der Waals surface area contributed by atoms with Gasteiger partial charge >= 0.3 is 0 Å². The lowest BCUT2D eigenvalue weighted by Gasteiger charge is -2.21. The van der Waals surface area contributed by atoms with Gasteiger partial charge in [-0.1, -0.05) is 38.0 Å². The van der Waals surface area contributed by atoms with Gasteiger partial charge in [0.25, 0.3) is 0 Å². The van der Waals surface area contributed by atoms with E-state index in [4.69, 9.17) is 0 Å². The quantitative estimate of drug-likeness (QED) is 0.783. The fraction of sp³-hybridized carbons (Fsp3) is 0.571. The SMILES string of the molecule is CCC1CCCC1Nc1ccccc1C. The van der Waals surface area contributed by atoms with Crippen molar-refractivity contribution < 1.29 is 0 Å². The predicted molar refractivity (Wildman–Crippen MR) is 66.2 cm³/mol. The lowest BCUT2D eigenvalue weighted by molar-refractivity contribution is 0.489. The summed E-state index contributed by atoms with van der Waals surface area (Å²) in [4.78, 5) is 0. The van der Waals surface area contributed by atoms with E-state index in [0.717, 1.165) is 5.92 Å². The first kappa shape index (κ1) is 10.5. The third-order valence-corrected chi connectivity index (χ3v) is 3.67. The summed E-state index contributed by atoms with van der Waals surface area (Å²) in [6, 6.07) is 9.30. The van der Waals surface area contributed by atoms with Crippen LogP contribution in [0.4, 0.5) is 5.69 Å². The minimum Gasteiger partial charge on any atom is -0.382 e. The van der Waals surface area contributed by atoms with E-state index in [0.29, 0.717) is 6.04 Å². The van der Waals surface area contributed by atoms with E-state index in [1.807, 2.05) is 0 Å². The molecule has 82 valence electrons. The average Bonchev–Trinajstić information content (AvgIpc) is 2.69. The molecule has 1 aromatic carbocycles. The fourth-order valence-electron chi connectivity index (χ4n) is 2.65. The highest BCUT2D eigenvalue weighted by molar-refractivity contribution is 5.51. The van der Waals surface area contributed by atoms with Gasteiger partial charge in [-0.25, -0.2) is 0 Å². The lowest BCUT2D eigenvalue weighted by atomic mass is 10.00. The van der Waals surface area contributed by atoms with Crippen LogP contribution in [0.1, 0.15) is 38.2 Å². The van der Waals surface area contributed by atoms with Crippen LogP contribution in [0.15, 0.2) is 24.3 Å². The van der Waals surface area contributed by atoms with Gasteiger partial charge in [0.05, 0.1) is 0 Å². The largest absolute Gasteiger partial charge is 0.382 e. The highest BCUT2D eigenvalue weighted by Gasteiger charge is 2.25. The van der Waals surface area contributed by atoms with Crippen LogP contribution >= 0.6 is 0 Å². The van der Waals surface area contributed by atoms with E-state index in [9.17, 15) is 0 Å². The van der Waals surface area contributed by atoms with Gasteiger partial charge in [0.2, 0.25) is 0 Å². The summed E-state index contributed by atoms with van der Waals surface area (Å²) < 4.78 is 0. The molecule has 0 spiro atoms. The summed E-state index contributed by atoms with van der Waals surface area (Å²) in [6.45, 7) is 4.49. The average molecular weight is 203 g/mol. The van der Waals surface area contributed by atoms with Crippen LogP contribution in [0.2, 0.25) is 0 Å². The Morgan fingerprint density at radius 2 is 2.07 bits per heavy atom. The summed E-state index contributed by atoms with van der Waals surface area (Å²) in [7, 11) is 0. The van der Waals surface area contributed by atoms with Crippen molar-refractivity contribution in [3.8, 4) is 0 Å². The zero-order chi connectivity index (χ0) is 10.7. The number of aryl methyl sites for hydroxylation is 1. The van der Waals surface area contributed by atoms with Crippen molar-refractivity contribution in [2.24, 2.45) is 5.92 Å². The van der Waals surface area contributed by atoms with E-state index >= 15 is 0 Å². The van der Waals surface area contributed by atoms with Crippen LogP contribution in [0.5, 0.6) is 0 Å². The minimum atomic E-state index is 0.705. The van der Waals surface area contributed by atoms with Gasteiger partial charge in [0, 0.05) is 11.7 Å². The molecular weight excluding hydrogens is 182 g/mol. The zero-order valence-electron chi connectivity index (χ0n) is 9.79. The van der Waals surface area contributed by atoms with Gasteiger partial charge in [0.1, 0.15) is 0 Å². The van der Waals surface area contributed by atoms with Gasteiger partial charge in [-0.15, -0.1) is 0 Å². The summed E-state index contributed by atoms with van der Waals surface area (Å²) in [5.74, 6) is 0.879. The smallest absolute Gasteiger partial charge is 0.0372 e. The Morgan fingerprint density at radius 3 is 2.80 bits per heavy atom. The normalized spacial score (nSPS) is 25.5. The lowest BCUT2D eigenvalue weighted by Crippen LogP contribution is -2.23. The molecule has 0 radical (unpaired) electrons. The maximum Gasteiger partial charge on any atom is 0.0372 e. The molecule has 2 unspecified atom stereocenters. The molecule has 2 atom stereocenters. The third-order valence-electron chi connectivity index (χ3n) is 3.67. The van der Waals surface area contributed by atoms with Gasteiger partial charge in [-0.2, -0.15) is 0 Å². The van der Waals surface area contributed by atoms with Crippen molar-refractivity contribution >= 4 is 5.69 Å². The molecule has 1 aromatic rings. The van der Waals surface area contributed by atoms with Crippen molar-refractivity contribution in [3.05, 3.63) is 29.8 Å². The molecule has 1 fully saturated rings. The Hall–Kier alpha value is -0.980. The fourth-order valence-corrected chi connectivity index (χ4v) is 2.65. The third kappa shape index (κ3) is 2.34. The second-order valence-electron chi connectivity index (χ2n) is 4.66. The first-order chi connectivity index (χ1) is 7.31. The second-order valence-corrected chi connectivity index (χ2v) is 4.66. The highest BCUT2D eigenvalue weighted by Crippen LogP contribution is 2.31. The summed E-state index contributed by atoms with van der Waals surface area (Å²) in [6.07, 6.45) is 5.44. The van der Waals surface area contributed by atoms with Crippen LogP contribution in [-0.4, -0.2) is 6.04 Å². The number of hydrogen-bond acceptors (Lipinski definition) is 1. The maximum absolute atomic E-state index is 3.71. The van der Waals surface area contributed by atoms with E-state index in [-0.39, 0.29) is 0 Å². The second kappa shape index (κ2) is 4.69. The molecule has 0 amide bonds. The van der Waals surface area contributed by atoms with Crippen LogP contribution in [0, 0.1) is 12.8 Å². The first-order valence-electron chi connectivity index (χ1n) is 6.13. The van der Waals surface area contributed by atoms with Gasteiger partial charge in [0.15, 0.2) is 0 Å². The molecule has 0 saturated heterocycles. The molecule has 1 aliphatic rings. The highest BCUT2D eigenvalue weighted by atomic mass is 14.9. The molecule has 1 saturated carbocycles. The van der Waals surface area contributed by atoms with Crippen LogP contribution in [0.3, 0.4) is 0 Å². The number of para-hydroxylation sites is 1. The Labute approximate surface area is 92.9 Å². The Kier molecular flexibility index (Phi) is 3.30. The van der Waals surface area contributed by atoms with E-state index < -0.39 is 0 Å². The van der Waals surface area contributed by atoms with Crippen molar-refractivity contribution in [1.82, 2.24) is 0 Å². The van der Waals surface area contributed by atoms with Crippen molar-refractivity contribution in [2.75, 3.05) is 5.32 Å². The molecule has 1 nitrogen and oxygen atoms in total. The molecule has 0 aliphatic heterocycles. The number of rotatable bonds is 3. The Morgan fingerprint density at radius 1 is 1.27 bits per heavy atom. The van der Waals surface area contributed by atoms with Crippen molar-refractivity contribution in [1.29, 1.82) is 0 Å². The van der Waals surface area contributed by atoms with Crippen molar-refractivity contribution in [2.45, 2.75) is 45.6 Å². The number of anilines is 1. The molecule has 15 heavy (non-hydrogen) atoms. The molecular formula is C14H21N. The molecule has 1 N–H and O–H groups in total. The van der Waals surface area contributed by atoms with Crippen LogP contribution < -0.4 is 5.32 Å². The Bertz CT molecular complexity index is 319. The minimum absolute atomic E-state index is 0.705. The number of benzene rings is 1. The Balaban J connectivity index is 2.05. The summed E-state index contributed by atoms with van der Waals surface area (Å²) in [5.41, 5.74) is 2.68. The topological polar surface area (TPSA) is 12.0 Å². The maximum atomic E-state index is 3.71. The molecule has 0 bridgehead atoms. The molecule has 0 aromatic heterocycles. The zero-order valence-corrected chi connectivity index (χ0v) is 9.79. The van der Waals surface area contributed by atoms with Crippen LogP contribution in [0.25, 0.3) is 0 Å². The molecule has 2 rings (SSSR count). The predicted octanol–water partition coefficient (Wildman–Crippen LogP) is 3.99. The van der Waals surface area contributed by atoms with E-state index in [1.54, 1.807) is 0 Å². The first-order valence-corrected chi connectivity index (χ1v) is 6.13. The summed E-state index contributed by atoms with van der Waals surface area (Å²) >= 11 is 0. The van der Waals surface area contributed by atoms with E-state index in [2.05, 4.69) is 43.4 Å². The van der Waals surface area contributed by atoms with Gasteiger partial charge < -0.3 is 5.32 Å². The molecule has 0 heterocycles. The monoisotopic (exact) mass is 203 g/mol. The summed E-state index contributed by atoms with van der Waals surface area (Å²) in [5, 5.41) is 3.71. The van der Waals surface area contributed by atoms with Gasteiger partial charge in [-0.05, 0) is 37.3 Å². The standard InChI is InChI=1S/C14H21N/c1-3-12-8-6-10-14(12)15-13-9-5-4-7-11(13)2/h4-5,7,9,12,14-15H,3,6,8,10H2,1-2H3. The molecule has 1 heteroatoms. The van der Waals surface area contributed by atoms with Gasteiger partial charge in [-0.3, -0.25) is 0 Å². The number of nitrogens with one attached hydrogen (secondary N) is 1. The van der Waals surface area contributed by atoms with Crippen molar-refractivity contribution in [3.63, 3.8) is 0 Å². The van der Waals surface area contributed by atoms with E-state index in [1.165, 1.54) is 36.9 Å². The number of hydrogen-bond donors (Lipinski definition) is 1. The molecule has 1 aliphatic carbocycles. The van der Waals surface area contributed by atoms with Crippen LogP contribution in [-0.2, 0) is 0 Å².